The first-order valence-corrected chi connectivity index (χ1v) is 12.6. The van der Waals surface area contributed by atoms with Crippen molar-refractivity contribution in [2.45, 2.75) is 37.3 Å². The van der Waals surface area contributed by atoms with E-state index >= 15 is 0 Å². The highest BCUT2D eigenvalue weighted by Crippen LogP contribution is 2.40. The van der Waals surface area contributed by atoms with Gasteiger partial charge in [-0.1, -0.05) is 18.2 Å². The number of likely N-dealkylation sites (tertiary alicyclic amines) is 1. The molecule has 2 atom stereocenters. The van der Waals surface area contributed by atoms with E-state index in [0.29, 0.717) is 18.4 Å². The van der Waals surface area contributed by atoms with Gasteiger partial charge in [-0.2, -0.15) is 10.1 Å². The molecule has 0 spiro atoms. The number of carbonyl (C=O) groups is 1. The third-order valence-corrected chi connectivity index (χ3v) is 7.85. The maximum Gasteiger partial charge on any atom is 0.322 e. The molecule has 9 nitrogen and oxygen atoms in total. The minimum Gasteiger partial charge on any atom is -0.334 e. The van der Waals surface area contributed by atoms with Crippen LogP contribution in [-0.4, -0.2) is 56.3 Å². The number of nitrogens with one attached hydrogen (secondary N) is 3. The Kier molecular flexibility index (Phi) is 4.48. The number of H-pyrrole nitrogens is 1. The molecule has 2 amide bonds. The molecule has 3 N–H and O–H groups in total. The second kappa shape index (κ2) is 7.69. The van der Waals surface area contributed by atoms with Crippen LogP contribution in [0.2, 0.25) is 0 Å². The number of benzene rings is 1. The number of para-hydroxylation sites is 1. The lowest BCUT2D eigenvalue weighted by Crippen LogP contribution is -2.50. The van der Waals surface area contributed by atoms with E-state index in [4.69, 9.17) is 9.97 Å². The van der Waals surface area contributed by atoms with Crippen molar-refractivity contribution in [2.75, 3.05) is 28.6 Å². The molecule has 3 fully saturated rings. The van der Waals surface area contributed by atoms with Crippen LogP contribution < -0.4 is 15.5 Å². The molecule has 10 heteroatoms. The van der Waals surface area contributed by atoms with Crippen molar-refractivity contribution < 1.29 is 4.79 Å². The Hall–Kier alpha value is -3.66. The Labute approximate surface area is 200 Å². The third-order valence-electron chi connectivity index (χ3n) is 6.94. The Morgan fingerprint density at radius 1 is 1.09 bits per heavy atom. The number of rotatable bonds is 5. The van der Waals surface area contributed by atoms with Gasteiger partial charge < -0.3 is 20.4 Å². The summed E-state index contributed by atoms with van der Waals surface area (Å²) >= 11 is 1.63. The summed E-state index contributed by atoms with van der Waals surface area (Å²) in [5, 5.41) is 16.1. The second-order valence-electron chi connectivity index (χ2n) is 9.26. The topological polar surface area (TPSA) is 102 Å². The fraction of sp³-hybridized carbons (Fsp3) is 0.333. The Morgan fingerprint density at radius 2 is 1.97 bits per heavy atom. The molecule has 172 valence electrons. The first kappa shape index (κ1) is 19.8. The van der Waals surface area contributed by atoms with Gasteiger partial charge in [-0.05, 0) is 42.8 Å². The number of thiophene rings is 1. The van der Waals surface area contributed by atoms with E-state index in [2.05, 4.69) is 31.8 Å². The van der Waals surface area contributed by atoms with Crippen LogP contribution in [0.25, 0.3) is 10.2 Å². The Balaban J connectivity index is 1.11. The van der Waals surface area contributed by atoms with Crippen LogP contribution in [0.1, 0.15) is 30.9 Å². The van der Waals surface area contributed by atoms with Crippen molar-refractivity contribution in [3.63, 3.8) is 0 Å². The predicted octanol–water partition coefficient (Wildman–Crippen LogP) is 4.53. The molecule has 7 rings (SSSR count). The molecule has 34 heavy (non-hydrogen) atoms. The number of hydrogen-bond acceptors (Lipinski definition) is 7. The Morgan fingerprint density at radius 3 is 2.76 bits per heavy atom. The lowest BCUT2D eigenvalue weighted by atomic mass is 10.2. The van der Waals surface area contributed by atoms with Crippen LogP contribution in [0.4, 0.5) is 28.1 Å². The zero-order valence-electron chi connectivity index (χ0n) is 18.4. The zero-order chi connectivity index (χ0) is 22.6. The van der Waals surface area contributed by atoms with Gasteiger partial charge in [-0.15, -0.1) is 11.3 Å². The second-order valence-corrected chi connectivity index (χ2v) is 10.2. The number of anilines is 4. The van der Waals surface area contributed by atoms with Crippen molar-refractivity contribution in [3.8, 4) is 0 Å². The van der Waals surface area contributed by atoms with Gasteiger partial charge in [-0.3, -0.25) is 5.10 Å². The lowest BCUT2D eigenvalue weighted by molar-refractivity contribution is 0.202. The fourth-order valence-corrected chi connectivity index (χ4v) is 5.84. The lowest BCUT2D eigenvalue weighted by Gasteiger charge is -2.34. The monoisotopic (exact) mass is 472 g/mol. The molecule has 2 bridgehead atoms. The highest BCUT2D eigenvalue weighted by atomic mass is 32.1. The number of piperazine rings is 1. The van der Waals surface area contributed by atoms with Crippen LogP contribution in [-0.2, 0) is 0 Å². The SMILES string of the molecule is O=C(Nc1ccccc1)N1C[C@@H]2C[C@@H]1CN2c1nc(Nc2cc(C3CC3)[nH]n2)c2sccc2n1. The van der Waals surface area contributed by atoms with E-state index in [-0.39, 0.29) is 18.1 Å². The Bertz CT molecular complexity index is 1360. The van der Waals surface area contributed by atoms with Crippen molar-refractivity contribution in [2.24, 2.45) is 0 Å². The average Bonchev–Trinajstić information content (AvgIpc) is 3.24. The van der Waals surface area contributed by atoms with Crippen LogP contribution in [0.15, 0.2) is 47.8 Å². The van der Waals surface area contributed by atoms with Crippen LogP contribution in [0, 0.1) is 0 Å². The minimum absolute atomic E-state index is 0.0418. The summed E-state index contributed by atoms with van der Waals surface area (Å²) in [5.41, 5.74) is 2.93. The molecule has 0 unspecified atom stereocenters. The van der Waals surface area contributed by atoms with Crippen LogP contribution >= 0.6 is 11.3 Å². The largest absolute Gasteiger partial charge is 0.334 e. The smallest absolute Gasteiger partial charge is 0.322 e. The number of fused-ring (bicyclic) bond motifs is 3. The molecule has 0 radical (unpaired) electrons. The average molecular weight is 473 g/mol. The van der Waals surface area contributed by atoms with E-state index in [9.17, 15) is 4.79 Å². The number of carbonyl (C=O) groups excluding carboxylic acids is 1. The standard InChI is InChI=1S/C24H24N8OS/c33-24(25-15-4-2-1-3-5-15)32-13-16-10-17(32)12-31(16)23-26-18-8-9-34-21(18)22(28-23)27-20-11-19(29-30-20)14-6-7-14/h1-5,8-9,11,14,16-17H,6-7,10,12-13H2,(H,25,33)(H2,26,27,28,29,30)/t16-,17+/m0/s1. The molecule has 1 aliphatic carbocycles. The maximum atomic E-state index is 12.8. The molecule has 2 saturated heterocycles. The first-order valence-electron chi connectivity index (χ1n) is 11.7. The number of aromatic amines is 1. The van der Waals surface area contributed by atoms with E-state index in [1.54, 1.807) is 11.3 Å². The first-order chi connectivity index (χ1) is 16.7. The van der Waals surface area contributed by atoms with Gasteiger partial charge in [0.15, 0.2) is 11.6 Å². The summed E-state index contributed by atoms with van der Waals surface area (Å²) in [7, 11) is 0. The van der Waals surface area contributed by atoms with Gasteiger partial charge in [0.05, 0.1) is 22.3 Å². The highest BCUT2D eigenvalue weighted by Gasteiger charge is 2.46. The number of amides is 2. The quantitative estimate of drug-likeness (QED) is 0.394. The zero-order valence-corrected chi connectivity index (χ0v) is 19.3. The normalized spacial score (nSPS) is 21.4. The summed E-state index contributed by atoms with van der Waals surface area (Å²) in [4.78, 5) is 26.8. The molecule has 3 aromatic heterocycles. The molecule has 3 aliphatic rings. The van der Waals surface area contributed by atoms with Crippen molar-refractivity contribution in [1.29, 1.82) is 0 Å². The van der Waals surface area contributed by atoms with E-state index in [1.807, 2.05) is 46.7 Å². The molecule has 1 saturated carbocycles. The van der Waals surface area contributed by atoms with Crippen molar-refractivity contribution in [1.82, 2.24) is 25.1 Å². The summed E-state index contributed by atoms with van der Waals surface area (Å²) in [6.07, 6.45) is 3.39. The summed E-state index contributed by atoms with van der Waals surface area (Å²) in [5.74, 6) is 2.90. The molecular weight excluding hydrogens is 448 g/mol. The molecular formula is C24H24N8OS. The predicted molar refractivity (Wildman–Crippen MR) is 133 cm³/mol. The molecule has 2 aliphatic heterocycles. The van der Waals surface area contributed by atoms with Gasteiger partial charge in [0.2, 0.25) is 5.95 Å². The van der Waals surface area contributed by atoms with Gasteiger partial charge in [0.1, 0.15) is 0 Å². The van der Waals surface area contributed by atoms with E-state index in [1.165, 1.54) is 18.5 Å². The van der Waals surface area contributed by atoms with Crippen LogP contribution in [0.3, 0.4) is 0 Å². The van der Waals surface area contributed by atoms with Gasteiger partial charge in [0, 0.05) is 36.5 Å². The van der Waals surface area contributed by atoms with Gasteiger partial charge in [0.25, 0.3) is 0 Å². The van der Waals surface area contributed by atoms with E-state index < -0.39 is 0 Å². The van der Waals surface area contributed by atoms with Gasteiger partial charge >= 0.3 is 6.03 Å². The van der Waals surface area contributed by atoms with Crippen LogP contribution in [0.5, 0.6) is 0 Å². The van der Waals surface area contributed by atoms with E-state index in [0.717, 1.165) is 40.5 Å². The summed E-state index contributed by atoms with van der Waals surface area (Å²) in [6, 6.07) is 14.0. The van der Waals surface area contributed by atoms with Crippen molar-refractivity contribution >= 4 is 50.9 Å². The van der Waals surface area contributed by atoms with Crippen molar-refractivity contribution in [3.05, 3.63) is 53.5 Å². The number of aromatic nitrogens is 4. The third kappa shape index (κ3) is 3.45. The summed E-state index contributed by atoms with van der Waals surface area (Å²) < 4.78 is 1.02. The molecule has 1 aromatic carbocycles. The number of nitrogens with zero attached hydrogens (tertiary/aromatic N) is 5. The fourth-order valence-electron chi connectivity index (χ4n) is 5.07. The minimum atomic E-state index is -0.0418. The maximum absolute atomic E-state index is 12.8. The molecule has 5 heterocycles. The van der Waals surface area contributed by atoms with Gasteiger partial charge in [-0.25, -0.2) is 9.78 Å². The highest BCUT2D eigenvalue weighted by molar-refractivity contribution is 7.17. The number of urea groups is 1. The molecule has 4 aromatic rings. The summed E-state index contributed by atoms with van der Waals surface area (Å²) in [6.45, 7) is 1.40. The number of hydrogen-bond donors (Lipinski definition) is 3.